The van der Waals surface area contributed by atoms with Gasteiger partial charge < -0.3 is 14.2 Å². The molecule has 5 nitrogen and oxygen atoms in total. The number of hydrogen-bond donors (Lipinski definition) is 0. The molecular formula is C14H29GaO5. The summed E-state index contributed by atoms with van der Waals surface area (Å²) in [6.45, 7) is 7.89. The van der Waals surface area contributed by atoms with Crippen molar-refractivity contribution in [3.63, 3.8) is 0 Å². The molecule has 118 valence electrons. The summed E-state index contributed by atoms with van der Waals surface area (Å²) in [5.41, 5.74) is 0. The Morgan fingerprint density at radius 3 is 1.80 bits per heavy atom. The number of Topliss-reactive ketones (excluding diaryl/α,β-unsaturated/α-hetero) is 1. The Morgan fingerprint density at radius 2 is 1.45 bits per heavy atom. The van der Waals surface area contributed by atoms with Gasteiger partial charge in [-0.25, -0.2) is 0 Å². The molecule has 0 radical (unpaired) electrons. The van der Waals surface area contributed by atoms with Crippen molar-refractivity contribution in [2.24, 2.45) is 0 Å². The Hall–Kier alpha value is -0.304. The standard InChI is InChI=1S/C14H26O5.Ga.3H/c1-5-7-9-17-14(4,18-10-8-6-2)19-13(16)11-12(3)15;;;;/h5-11H2,1-4H3;;;;. The van der Waals surface area contributed by atoms with Crippen molar-refractivity contribution in [3.8, 4) is 0 Å². The third kappa shape index (κ3) is 11.5. The molecule has 0 aliphatic heterocycles. The third-order valence-electron chi connectivity index (χ3n) is 2.42. The number of rotatable bonds is 11. The second-order valence-corrected chi connectivity index (χ2v) is 4.62. The van der Waals surface area contributed by atoms with Crippen molar-refractivity contribution in [1.29, 1.82) is 0 Å². The van der Waals surface area contributed by atoms with Crippen LogP contribution in [0, 0.1) is 0 Å². The van der Waals surface area contributed by atoms with Gasteiger partial charge in [-0.05, 0) is 19.8 Å². The zero-order chi connectivity index (χ0) is 14.7. The number of ketones is 1. The van der Waals surface area contributed by atoms with E-state index in [0.717, 1.165) is 25.7 Å². The first-order chi connectivity index (χ1) is 8.93. The molecule has 0 bridgehead atoms. The zero-order valence-electron chi connectivity index (χ0n) is 12.5. The van der Waals surface area contributed by atoms with Gasteiger partial charge in [0.25, 0.3) is 0 Å². The van der Waals surface area contributed by atoms with Crippen LogP contribution in [0.1, 0.15) is 59.8 Å². The molecule has 6 heteroatoms. The Bertz CT molecular complexity index is 271. The number of unbranched alkanes of at least 4 members (excludes halogenated alkanes) is 2. The first-order valence-electron chi connectivity index (χ1n) is 6.92. The van der Waals surface area contributed by atoms with Crippen LogP contribution < -0.4 is 0 Å². The number of hydrogen-bond acceptors (Lipinski definition) is 5. The number of carbonyl (C=O) groups excluding carboxylic acids is 2. The Kier molecular flexibility index (Phi) is 13.7. The van der Waals surface area contributed by atoms with E-state index in [1.807, 2.05) is 13.8 Å². The van der Waals surface area contributed by atoms with E-state index in [1.165, 1.54) is 6.92 Å². The van der Waals surface area contributed by atoms with Gasteiger partial charge in [0.15, 0.2) is 0 Å². The van der Waals surface area contributed by atoms with Crippen LogP contribution in [0.5, 0.6) is 0 Å². The van der Waals surface area contributed by atoms with Gasteiger partial charge in [-0.2, -0.15) is 0 Å². The molecule has 0 atom stereocenters. The minimum absolute atomic E-state index is 0. The SMILES string of the molecule is CCCCOC(C)(OCCCC)OC(=O)CC(C)=O.[GaH3]. The van der Waals surface area contributed by atoms with Gasteiger partial charge in [0, 0.05) is 6.92 Å². The molecular weight excluding hydrogens is 318 g/mol. The summed E-state index contributed by atoms with van der Waals surface area (Å²) in [5, 5.41) is 0. The van der Waals surface area contributed by atoms with E-state index in [4.69, 9.17) is 14.2 Å². The third-order valence-corrected chi connectivity index (χ3v) is 2.42. The summed E-state index contributed by atoms with van der Waals surface area (Å²) >= 11 is 0. The van der Waals surface area contributed by atoms with Crippen LogP contribution in [0.15, 0.2) is 0 Å². The summed E-state index contributed by atoms with van der Waals surface area (Å²) in [7, 11) is 0. The second kappa shape index (κ2) is 12.4. The quantitative estimate of drug-likeness (QED) is 0.187. The van der Waals surface area contributed by atoms with E-state index >= 15 is 0 Å². The van der Waals surface area contributed by atoms with Crippen molar-refractivity contribution in [3.05, 3.63) is 0 Å². The molecule has 0 rings (SSSR count). The maximum absolute atomic E-state index is 11.5. The fourth-order valence-electron chi connectivity index (χ4n) is 1.35. The molecule has 0 saturated carbocycles. The van der Waals surface area contributed by atoms with E-state index in [-0.39, 0.29) is 32.0 Å². The Balaban J connectivity index is 0. The molecule has 0 unspecified atom stereocenters. The van der Waals surface area contributed by atoms with Gasteiger partial charge in [0.2, 0.25) is 0 Å². The van der Waals surface area contributed by atoms with Crippen LogP contribution in [-0.2, 0) is 23.8 Å². The van der Waals surface area contributed by atoms with Gasteiger partial charge in [0.05, 0.1) is 13.2 Å². The first kappa shape index (κ1) is 22.0. The number of esters is 1. The molecule has 0 saturated heterocycles. The van der Waals surface area contributed by atoms with Crippen molar-refractivity contribution in [1.82, 2.24) is 0 Å². The number of carbonyl (C=O) groups is 2. The Labute approximate surface area is 134 Å². The molecule has 0 aromatic heterocycles. The zero-order valence-corrected chi connectivity index (χ0v) is 12.5. The molecule has 0 aliphatic carbocycles. The van der Waals surface area contributed by atoms with Crippen molar-refractivity contribution in [2.75, 3.05) is 13.2 Å². The topological polar surface area (TPSA) is 61.8 Å². The predicted octanol–water partition coefficient (Wildman–Crippen LogP) is 1.63. The van der Waals surface area contributed by atoms with Crippen LogP contribution >= 0.6 is 0 Å². The summed E-state index contributed by atoms with van der Waals surface area (Å²) in [4.78, 5) is 22.4. The van der Waals surface area contributed by atoms with Gasteiger partial charge in [0.1, 0.15) is 12.2 Å². The predicted molar refractivity (Wildman–Crippen MR) is 81.5 cm³/mol. The molecule has 20 heavy (non-hydrogen) atoms. The van der Waals surface area contributed by atoms with E-state index in [0.29, 0.717) is 13.2 Å². The van der Waals surface area contributed by atoms with Crippen LogP contribution in [0.25, 0.3) is 0 Å². The summed E-state index contributed by atoms with van der Waals surface area (Å²) < 4.78 is 16.1. The molecule has 0 N–H and O–H groups in total. The van der Waals surface area contributed by atoms with Gasteiger partial charge in [-0.15, -0.1) is 0 Å². The monoisotopic (exact) mass is 346 g/mol. The molecule has 0 heterocycles. The molecule has 0 aromatic carbocycles. The van der Waals surface area contributed by atoms with Crippen LogP contribution in [0.2, 0.25) is 0 Å². The van der Waals surface area contributed by atoms with Crippen LogP contribution in [0.3, 0.4) is 0 Å². The van der Waals surface area contributed by atoms with Crippen LogP contribution in [-0.4, -0.2) is 50.7 Å². The molecule has 0 fully saturated rings. The fourth-order valence-corrected chi connectivity index (χ4v) is 1.35. The van der Waals surface area contributed by atoms with Gasteiger partial charge >= 0.3 is 31.7 Å². The van der Waals surface area contributed by atoms with E-state index in [9.17, 15) is 9.59 Å². The van der Waals surface area contributed by atoms with Crippen molar-refractivity contribution < 1.29 is 23.8 Å². The van der Waals surface area contributed by atoms with Crippen molar-refractivity contribution >= 4 is 31.5 Å². The minimum atomic E-state index is -1.39. The average molecular weight is 347 g/mol. The Morgan fingerprint density at radius 1 is 1.00 bits per heavy atom. The first-order valence-corrected chi connectivity index (χ1v) is 6.92. The molecule has 0 aliphatic rings. The normalized spacial score (nSPS) is 10.8. The fraction of sp³-hybridized carbons (Fsp3) is 0.857. The maximum atomic E-state index is 11.5. The van der Waals surface area contributed by atoms with Crippen molar-refractivity contribution in [2.45, 2.75) is 65.8 Å². The van der Waals surface area contributed by atoms with E-state index in [2.05, 4.69) is 0 Å². The summed E-state index contributed by atoms with van der Waals surface area (Å²) in [5.74, 6) is -2.26. The number of ether oxygens (including phenoxy) is 3. The van der Waals surface area contributed by atoms with E-state index in [1.54, 1.807) is 6.92 Å². The summed E-state index contributed by atoms with van der Waals surface area (Å²) in [6.07, 6.45) is 3.41. The molecule has 0 amide bonds. The van der Waals surface area contributed by atoms with Gasteiger partial charge in [-0.3, -0.25) is 9.59 Å². The molecule has 0 spiro atoms. The molecule has 0 aromatic rings. The summed E-state index contributed by atoms with van der Waals surface area (Å²) in [6, 6.07) is 0. The van der Waals surface area contributed by atoms with E-state index < -0.39 is 11.9 Å². The van der Waals surface area contributed by atoms with Crippen LogP contribution in [0.4, 0.5) is 0 Å². The average Bonchev–Trinajstić information content (AvgIpc) is 2.28. The van der Waals surface area contributed by atoms with Gasteiger partial charge in [-0.1, -0.05) is 26.7 Å². The second-order valence-electron chi connectivity index (χ2n) is 4.62.